The number of amides is 1. The Morgan fingerprint density at radius 1 is 1.56 bits per heavy atom. The third-order valence-corrected chi connectivity index (χ3v) is 3.38. The van der Waals surface area contributed by atoms with Crippen molar-refractivity contribution >= 4 is 29.3 Å². The lowest BCUT2D eigenvalue weighted by atomic mass is 10.2. The molecule has 0 saturated heterocycles. The lowest BCUT2D eigenvalue weighted by Crippen LogP contribution is -2.25. The van der Waals surface area contributed by atoms with Crippen LogP contribution >= 0.6 is 11.8 Å². The normalized spacial score (nSPS) is 13.3. The summed E-state index contributed by atoms with van der Waals surface area (Å²) >= 11 is 1.53. The predicted molar refractivity (Wildman–Crippen MR) is 67.9 cm³/mol. The summed E-state index contributed by atoms with van der Waals surface area (Å²) in [5.74, 6) is 0.934. The zero-order valence-electron chi connectivity index (χ0n) is 9.89. The van der Waals surface area contributed by atoms with Crippen LogP contribution in [0.1, 0.15) is 6.42 Å². The number of methoxy groups -OCH3 is 1. The minimum atomic E-state index is -0.225. The number of esters is 1. The average Bonchev–Trinajstić information content (AvgIpc) is 2.38. The van der Waals surface area contributed by atoms with Gasteiger partial charge in [0.2, 0.25) is 0 Å². The molecule has 96 valence electrons. The lowest BCUT2D eigenvalue weighted by molar-refractivity contribution is -0.140. The fourth-order valence-electron chi connectivity index (χ4n) is 1.51. The van der Waals surface area contributed by atoms with Gasteiger partial charge >= 0.3 is 5.97 Å². The van der Waals surface area contributed by atoms with E-state index in [1.54, 1.807) is 0 Å². The third kappa shape index (κ3) is 3.16. The number of rotatable bonds is 4. The number of benzene rings is 1. The molecule has 0 bridgehead atoms. The zero-order valence-corrected chi connectivity index (χ0v) is 10.7. The molecule has 18 heavy (non-hydrogen) atoms. The molecule has 0 spiro atoms. The van der Waals surface area contributed by atoms with Crippen molar-refractivity contribution in [1.82, 2.24) is 0 Å². The van der Waals surface area contributed by atoms with Gasteiger partial charge in [0.05, 0.1) is 19.2 Å². The van der Waals surface area contributed by atoms with Crippen LogP contribution < -0.4 is 10.1 Å². The second kappa shape index (κ2) is 5.77. The van der Waals surface area contributed by atoms with Crippen LogP contribution in [0.4, 0.5) is 5.69 Å². The van der Waals surface area contributed by atoms with Crippen LogP contribution in [-0.4, -0.2) is 31.3 Å². The number of hydrogen-bond acceptors (Lipinski definition) is 5. The molecule has 0 unspecified atom stereocenters. The number of hydrogen-bond donors (Lipinski definition) is 1. The smallest absolute Gasteiger partial charge is 0.306 e. The molecular formula is C12H13NO4S. The molecule has 5 nitrogen and oxygen atoms in total. The van der Waals surface area contributed by atoms with E-state index in [1.165, 1.54) is 18.9 Å². The summed E-state index contributed by atoms with van der Waals surface area (Å²) in [5, 5.41) is 2.74. The summed E-state index contributed by atoms with van der Waals surface area (Å²) in [6.45, 7) is 0.0574. The van der Waals surface area contributed by atoms with Crippen molar-refractivity contribution in [3.8, 4) is 5.75 Å². The minimum absolute atomic E-state index is 0.0574. The molecular weight excluding hydrogens is 254 g/mol. The molecule has 0 radical (unpaired) electrons. The van der Waals surface area contributed by atoms with Crippen LogP contribution in [0.15, 0.2) is 23.1 Å². The van der Waals surface area contributed by atoms with E-state index in [9.17, 15) is 9.59 Å². The molecule has 2 rings (SSSR count). The highest BCUT2D eigenvalue weighted by atomic mass is 32.2. The van der Waals surface area contributed by atoms with E-state index in [-0.39, 0.29) is 18.5 Å². The zero-order chi connectivity index (χ0) is 13.0. The van der Waals surface area contributed by atoms with Crippen molar-refractivity contribution in [2.45, 2.75) is 11.3 Å². The van der Waals surface area contributed by atoms with Gasteiger partial charge in [-0.25, -0.2) is 0 Å². The first-order valence-corrected chi connectivity index (χ1v) is 6.44. The van der Waals surface area contributed by atoms with Gasteiger partial charge in [-0.15, -0.1) is 11.8 Å². The van der Waals surface area contributed by atoms with E-state index in [2.05, 4.69) is 10.1 Å². The van der Waals surface area contributed by atoms with Gasteiger partial charge in [-0.3, -0.25) is 9.59 Å². The van der Waals surface area contributed by atoms with Gasteiger partial charge in [-0.05, 0) is 18.2 Å². The van der Waals surface area contributed by atoms with Crippen LogP contribution in [0.3, 0.4) is 0 Å². The summed E-state index contributed by atoms with van der Waals surface area (Å²) in [7, 11) is 1.37. The predicted octanol–water partition coefficient (Wildman–Crippen LogP) is 1.67. The summed E-state index contributed by atoms with van der Waals surface area (Å²) < 4.78 is 9.82. The second-order valence-corrected chi connectivity index (χ2v) is 4.84. The SMILES string of the molecule is COC(=O)CCSc1ccc2c(c1)NC(=O)CO2. The van der Waals surface area contributed by atoms with Gasteiger partial charge in [-0.1, -0.05) is 0 Å². The van der Waals surface area contributed by atoms with E-state index in [4.69, 9.17) is 4.74 Å². The maximum absolute atomic E-state index is 11.2. The Morgan fingerprint density at radius 3 is 3.17 bits per heavy atom. The Balaban J connectivity index is 1.96. The summed E-state index contributed by atoms with van der Waals surface area (Å²) in [4.78, 5) is 23.1. The number of fused-ring (bicyclic) bond motifs is 1. The van der Waals surface area contributed by atoms with Crippen molar-refractivity contribution in [3.63, 3.8) is 0 Å². The summed E-state index contributed by atoms with van der Waals surface area (Å²) in [6, 6.07) is 5.56. The van der Waals surface area contributed by atoms with Gasteiger partial charge in [0.1, 0.15) is 5.75 Å². The highest BCUT2D eigenvalue weighted by Crippen LogP contribution is 2.32. The first-order chi connectivity index (χ1) is 8.69. The third-order valence-electron chi connectivity index (χ3n) is 2.39. The monoisotopic (exact) mass is 267 g/mol. The highest BCUT2D eigenvalue weighted by molar-refractivity contribution is 7.99. The first kappa shape index (κ1) is 12.8. The fourth-order valence-corrected chi connectivity index (χ4v) is 2.38. The van der Waals surface area contributed by atoms with Crippen LogP contribution in [0.25, 0.3) is 0 Å². The number of carbonyl (C=O) groups excluding carboxylic acids is 2. The van der Waals surface area contributed by atoms with E-state index < -0.39 is 0 Å². The molecule has 0 fully saturated rings. The second-order valence-electron chi connectivity index (χ2n) is 3.67. The first-order valence-electron chi connectivity index (χ1n) is 5.45. The average molecular weight is 267 g/mol. The van der Waals surface area contributed by atoms with Gasteiger partial charge < -0.3 is 14.8 Å². The Bertz CT molecular complexity index is 475. The molecule has 1 N–H and O–H groups in total. The van der Waals surface area contributed by atoms with E-state index in [0.29, 0.717) is 23.6 Å². The van der Waals surface area contributed by atoms with Crippen molar-refractivity contribution in [1.29, 1.82) is 0 Å². The molecule has 0 aromatic heterocycles. The minimum Gasteiger partial charge on any atom is -0.482 e. The topological polar surface area (TPSA) is 64.6 Å². The Labute approximate surface area is 109 Å². The van der Waals surface area contributed by atoms with Crippen molar-refractivity contribution in [3.05, 3.63) is 18.2 Å². The molecule has 1 aromatic carbocycles. The van der Waals surface area contributed by atoms with Crippen molar-refractivity contribution in [2.75, 3.05) is 24.8 Å². The van der Waals surface area contributed by atoms with Gasteiger partial charge in [0.25, 0.3) is 5.91 Å². The Morgan fingerprint density at radius 2 is 2.39 bits per heavy atom. The van der Waals surface area contributed by atoms with Gasteiger partial charge in [0.15, 0.2) is 6.61 Å². The van der Waals surface area contributed by atoms with Crippen molar-refractivity contribution < 1.29 is 19.1 Å². The largest absolute Gasteiger partial charge is 0.482 e. The number of anilines is 1. The van der Waals surface area contributed by atoms with Crippen molar-refractivity contribution in [2.24, 2.45) is 0 Å². The van der Waals surface area contributed by atoms with Crippen LogP contribution in [0, 0.1) is 0 Å². The van der Waals surface area contributed by atoms with E-state index in [1.807, 2.05) is 18.2 Å². The lowest BCUT2D eigenvalue weighted by Gasteiger charge is -2.18. The number of ether oxygens (including phenoxy) is 2. The molecule has 1 amide bonds. The maximum atomic E-state index is 11.2. The summed E-state index contributed by atoms with van der Waals surface area (Å²) in [6.07, 6.45) is 0.362. The molecule has 1 heterocycles. The van der Waals surface area contributed by atoms with E-state index >= 15 is 0 Å². The van der Waals surface area contributed by atoms with Gasteiger partial charge in [0, 0.05) is 10.6 Å². The quantitative estimate of drug-likeness (QED) is 0.664. The summed E-state index contributed by atoms with van der Waals surface area (Å²) in [5.41, 5.74) is 0.675. The molecule has 0 aliphatic carbocycles. The Kier molecular flexibility index (Phi) is 4.09. The molecule has 0 saturated carbocycles. The molecule has 1 aliphatic heterocycles. The molecule has 1 aromatic rings. The number of nitrogens with one attached hydrogen (secondary N) is 1. The van der Waals surface area contributed by atoms with Gasteiger partial charge in [-0.2, -0.15) is 0 Å². The Hall–Kier alpha value is -1.69. The highest BCUT2D eigenvalue weighted by Gasteiger charge is 2.15. The van der Waals surface area contributed by atoms with Crippen LogP contribution in [0.2, 0.25) is 0 Å². The van der Waals surface area contributed by atoms with Crippen LogP contribution in [-0.2, 0) is 14.3 Å². The molecule has 6 heteroatoms. The van der Waals surface area contributed by atoms with Crippen LogP contribution in [0.5, 0.6) is 5.75 Å². The molecule has 1 aliphatic rings. The standard InChI is InChI=1S/C12H13NO4S/c1-16-12(15)4-5-18-8-2-3-10-9(6-8)13-11(14)7-17-10/h2-3,6H,4-5,7H2,1H3,(H,13,14). The fraction of sp³-hybridized carbons (Fsp3) is 0.333. The number of carbonyl (C=O) groups is 2. The molecule has 0 atom stereocenters. The van der Waals surface area contributed by atoms with E-state index in [0.717, 1.165) is 4.90 Å². The maximum Gasteiger partial charge on any atom is 0.306 e. The number of thioether (sulfide) groups is 1.